The molecule has 0 radical (unpaired) electrons. The third kappa shape index (κ3) is 3.37. The summed E-state index contributed by atoms with van der Waals surface area (Å²) in [5, 5.41) is 4.05. The van der Waals surface area contributed by atoms with Gasteiger partial charge < -0.3 is 9.73 Å². The fourth-order valence-corrected chi connectivity index (χ4v) is 2.30. The average Bonchev–Trinajstić information content (AvgIpc) is 2.69. The zero-order valence-electron chi connectivity index (χ0n) is 10.3. The lowest BCUT2D eigenvalue weighted by atomic mass is 10.2. The van der Waals surface area contributed by atoms with Crippen LogP contribution in [0.2, 0.25) is 5.02 Å². The Morgan fingerprint density at radius 1 is 1.28 bits per heavy atom. The molecule has 0 atom stereocenters. The summed E-state index contributed by atoms with van der Waals surface area (Å²) in [6.45, 7) is 4.94. The molecule has 0 bridgehead atoms. The van der Waals surface area contributed by atoms with Crippen LogP contribution < -0.4 is 5.32 Å². The van der Waals surface area contributed by atoms with Gasteiger partial charge in [0.15, 0.2) is 0 Å². The van der Waals surface area contributed by atoms with Crippen LogP contribution in [0.5, 0.6) is 0 Å². The molecular weight excluding hydrogens is 314 g/mol. The van der Waals surface area contributed by atoms with Crippen molar-refractivity contribution in [3.05, 3.63) is 45.6 Å². The van der Waals surface area contributed by atoms with Crippen molar-refractivity contribution in [2.24, 2.45) is 0 Å². The van der Waals surface area contributed by atoms with Crippen LogP contribution in [-0.4, -0.2) is 6.04 Å². The predicted octanol–water partition coefficient (Wildman–Crippen LogP) is 4.86. The number of hydrogen-bond acceptors (Lipinski definition) is 2. The average molecular weight is 329 g/mol. The molecule has 18 heavy (non-hydrogen) atoms. The lowest BCUT2D eigenvalue weighted by Gasteiger charge is -2.05. The van der Waals surface area contributed by atoms with Crippen LogP contribution in [0.15, 0.2) is 39.2 Å². The number of hydrogen-bond donors (Lipinski definition) is 1. The first-order chi connectivity index (χ1) is 8.56. The van der Waals surface area contributed by atoms with E-state index in [0.717, 1.165) is 33.1 Å². The number of rotatable bonds is 4. The van der Waals surface area contributed by atoms with Crippen molar-refractivity contribution in [2.75, 3.05) is 0 Å². The largest absolute Gasteiger partial charge is 0.459 e. The molecule has 2 rings (SSSR count). The fraction of sp³-hybridized carbons (Fsp3) is 0.286. The van der Waals surface area contributed by atoms with Gasteiger partial charge in [-0.15, -0.1) is 0 Å². The van der Waals surface area contributed by atoms with Gasteiger partial charge in [-0.3, -0.25) is 0 Å². The maximum absolute atomic E-state index is 5.88. The van der Waals surface area contributed by atoms with E-state index in [0.29, 0.717) is 6.04 Å². The van der Waals surface area contributed by atoms with Gasteiger partial charge in [-0.25, -0.2) is 0 Å². The maximum Gasteiger partial charge on any atom is 0.148 e. The first-order valence-electron chi connectivity index (χ1n) is 5.84. The Morgan fingerprint density at radius 3 is 2.56 bits per heavy atom. The zero-order valence-corrected chi connectivity index (χ0v) is 12.7. The van der Waals surface area contributed by atoms with Crippen molar-refractivity contribution < 1.29 is 4.42 Å². The van der Waals surface area contributed by atoms with Crippen LogP contribution in [0, 0.1) is 0 Å². The van der Waals surface area contributed by atoms with Gasteiger partial charge in [-0.1, -0.05) is 25.4 Å². The molecule has 1 N–H and O–H groups in total. The minimum absolute atomic E-state index is 0.438. The van der Waals surface area contributed by atoms with E-state index in [1.807, 2.05) is 30.3 Å². The summed E-state index contributed by atoms with van der Waals surface area (Å²) >= 11 is 9.40. The molecule has 0 aliphatic carbocycles. The van der Waals surface area contributed by atoms with Crippen molar-refractivity contribution >= 4 is 27.5 Å². The van der Waals surface area contributed by atoms with E-state index in [1.165, 1.54) is 0 Å². The molecule has 96 valence electrons. The Hall–Kier alpha value is -0.770. The second kappa shape index (κ2) is 5.91. The van der Waals surface area contributed by atoms with Crippen molar-refractivity contribution in [1.82, 2.24) is 5.32 Å². The van der Waals surface area contributed by atoms with Crippen molar-refractivity contribution in [1.29, 1.82) is 0 Å². The summed E-state index contributed by atoms with van der Waals surface area (Å²) in [4.78, 5) is 0. The standard InChI is InChI=1S/C14H15BrClNO/c1-9(2)17-8-12-7-13(15)14(18-12)10-3-5-11(16)6-4-10/h3-7,9,17H,8H2,1-2H3. The van der Waals surface area contributed by atoms with Gasteiger partial charge in [0.1, 0.15) is 11.5 Å². The van der Waals surface area contributed by atoms with Gasteiger partial charge in [-0.05, 0) is 46.3 Å². The maximum atomic E-state index is 5.88. The Morgan fingerprint density at radius 2 is 1.94 bits per heavy atom. The summed E-state index contributed by atoms with van der Waals surface area (Å²) in [5.41, 5.74) is 1.02. The molecule has 0 fully saturated rings. The minimum Gasteiger partial charge on any atom is -0.459 e. The zero-order chi connectivity index (χ0) is 13.1. The molecule has 0 unspecified atom stereocenters. The number of benzene rings is 1. The smallest absolute Gasteiger partial charge is 0.148 e. The molecule has 1 heterocycles. The lowest BCUT2D eigenvalue weighted by molar-refractivity contribution is 0.473. The number of nitrogens with one attached hydrogen (secondary N) is 1. The quantitative estimate of drug-likeness (QED) is 0.867. The third-order valence-corrected chi connectivity index (χ3v) is 3.37. The second-order valence-corrected chi connectivity index (χ2v) is 5.72. The van der Waals surface area contributed by atoms with Crippen molar-refractivity contribution in [2.45, 2.75) is 26.4 Å². The Labute approximate surface area is 120 Å². The molecule has 1 aromatic heterocycles. The van der Waals surface area contributed by atoms with Crippen LogP contribution in [0.3, 0.4) is 0 Å². The van der Waals surface area contributed by atoms with Crippen LogP contribution in [0.1, 0.15) is 19.6 Å². The lowest BCUT2D eigenvalue weighted by Crippen LogP contribution is -2.21. The van der Waals surface area contributed by atoms with Gasteiger partial charge >= 0.3 is 0 Å². The second-order valence-electron chi connectivity index (χ2n) is 4.43. The first-order valence-corrected chi connectivity index (χ1v) is 7.01. The fourth-order valence-electron chi connectivity index (χ4n) is 1.61. The summed E-state index contributed by atoms with van der Waals surface area (Å²) in [7, 11) is 0. The first kappa shape index (κ1) is 13.7. The van der Waals surface area contributed by atoms with Gasteiger partial charge in [0.05, 0.1) is 11.0 Å². The van der Waals surface area contributed by atoms with Crippen molar-refractivity contribution in [3.63, 3.8) is 0 Å². The van der Waals surface area contributed by atoms with Gasteiger partial charge in [0.2, 0.25) is 0 Å². The summed E-state index contributed by atoms with van der Waals surface area (Å²) < 4.78 is 6.80. The molecule has 0 saturated heterocycles. The Bertz CT molecular complexity index is 519. The molecule has 0 amide bonds. The highest BCUT2D eigenvalue weighted by Gasteiger charge is 2.11. The van der Waals surface area contributed by atoms with E-state index < -0.39 is 0 Å². The van der Waals surface area contributed by atoms with E-state index in [2.05, 4.69) is 35.1 Å². The molecule has 1 aromatic carbocycles. The molecular formula is C14H15BrClNO. The van der Waals surface area contributed by atoms with Crippen LogP contribution in [0.4, 0.5) is 0 Å². The summed E-state index contributed by atoms with van der Waals surface area (Å²) in [6, 6.07) is 10.1. The third-order valence-electron chi connectivity index (χ3n) is 2.53. The number of halogens is 2. The molecule has 2 nitrogen and oxygen atoms in total. The molecule has 0 aliphatic rings. The summed E-state index contributed by atoms with van der Waals surface area (Å²) in [6.07, 6.45) is 0. The molecule has 2 aromatic rings. The normalized spacial score (nSPS) is 11.2. The number of furan rings is 1. The van der Waals surface area contributed by atoms with E-state index in [9.17, 15) is 0 Å². The summed E-state index contributed by atoms with van der Waals surface area (Å²) in [5.74, 6) is 1.76. The molecule has 0 aliphatic heterocycles. The highest BCUT2D eigenvalue weighted by atomic mass is 79.9. The van der Waals surface area contributed by atoms with E-state index in [-0.39, 0.29) is 0 Å². The van der Waals surface area contributed by atoms with E-state index in [1.54, 1.807) is 0 Å². The SMILES string of the molecule is CC(C)NCc1cc(Br)c(-c2ccc(Cl)cc2)o1. The van der Waals surface area contributed by atoms with E-state index >= 15 is 0 Å². The van der Waals surface area contributed by atoms with Crippen LogP contribution in [-0.2, 0) is 6.54 Å². The predicted molar refractivity (Wildman–Crippen MR) is 78.8 cm³/mol. The van der Waals surface area contributed by atoms with Crippen LogP contribution >= 0.6 is 27.5 Å². The van der Waals surface area contributed by atoms with Crippen molar-refractivity contribution in [3.8, 4) is 11.3 Å². The molecule has 0 saturated carbocycles. The monoisotopic (exact) mass is 327 g/mol. The van der Waals surface area contributed by atoms with E-state index in [4.69, 9.17) is 16.0 Å². The topological polar surface area (TPSA) is 25.2 Å². The van der Waals surface area contributed by atoms with Gasteiger partial charge in [0, 0.05) is 16.6 Å². The minimum atomic E-state index is 0.438. The molecule has 4 heteroatoms. The highest BCUT2D eigenvalue weighted by molar-refractivity contribution is 9.10. The highest BCUT2D eigenvalue weighted by Crippen LogP contribution is 2.32. The van der Waals surface area contributed by atoms with Crippen LogP contribution in [0.25, 0.3) is 11.3 Å². The van der Waals surface area contributed by atoms with Gasteiger partial charge in [-0.2, -0.15) is 0 Å². The Kier molecular flexibility index (Phi) is 4.49. The van der Waals surface area contributed by atoms with Gasteiger partial charge in [0.25, 0.3) is 0 Å². The molecule has 0 spiro atoms. The Balaban J connectivity index is 2.21.